The molecule has 3 aromatic rings. The molecule has 0 aliphatic rings. The molecule has 0 saturated carbocycles. The number of thioether (sulfide) groups is 2. The lowest BCUT2D eigenvalue weighted by molar-refractivity contribution is -0.142. The molecule has 1 aromatic heterocycles. The SMILES string of the molecule is CCC(C)[C@@H](CN(CC(=O)N[C@@H](CCSC)C(=O)O)Cc1cccc2ccccc12)NC(=O)CSc1ccncc1. The molecule has 0 fully saturated rings. The van der Waals surface area contributed by atoms with Crippen LogP contribution in [0, 0.1) is 5.92 Å². The van der Waals surface area contributed by atoms with E-state index < -0.39 is 12.0 Å². The minimum absolute atomic E-state index is 0.0147. The second-order valence-electron chi connectivity index (χ2n) is 10.1. The Morgan fingerprint density at radius 1 is 1.00 bits per heavy atom. The number of carbonyl (C=O) groups is 3. The molecule has 8 nitrogen and oxygen atoms in total. The van der Waals surface area contributed by atoms with E-state index in [1.807, 2.05) is 47.6 Å². The topological polar surface area (TPSA) is 112 Å². The lowest BCUT2D eigenvalue weighted by Gasteiger charge is -2.31. The van der Waals surface area contributed by atoms with Gasteiger partial charge in [-0.25, -0.2) is 4.79 Å². The summed E-state index contributed by atoms with van der Waals surface area (Å²) in [4.78, 5) is 44.9. The Labute approximate surface area is 251 Å². The number of benzene rings is 2. The predicted molar refractivity (Wildman–Crippen MR) is 168 cm³/mol. The Hall–Kier alpha value is -3.08. The molecule has 0 aliphatic carbocycles. The van der Waals surface area contributed by atoms with Gasteiger partial charge in [-0.05, 0) is 52.8 Å². The summed E-state index contributed by atoms with van der Waals surface area (Å²) >= 11 is 3.00. The fourth-order valence-corrected chi connectivity index (χ4v) is 5.72. The molecule has 2 aromatic carbocycles. The number of fused-ring (bicyclic) bond motifs is 1. The van der Waals surface area contributed by atoms with Gasteiger partial charge in [-0.15, -0.1) is 11.8 Å². The van der Waals surface area contributed by atoms with Crippen molar-refractivity contribution >= 4 is 52.1 Å². The molecule has 3 N–H and O–H groups in total. The van der Waals surface area contributed by atoms with E-state index in [0.29, 0.717) is 25.3 Å². The van der Waals surface area contributed by atoms with Crippen LogP contribution in [-0.4, -0.2) is 75.7 Å². The molecule has 0 spiro atoms. The van der Waals surface area contributed by atoms with E-state index in [0.717, 1.165) is 27.7 Å². The Balaban J connectivity index is 1.79. The number of carboxylic acids is 1. The summed E-state index contributed by atoms with van der Waals surface area (Å²) in [5.41, 5.74) is 1.07. The molecule has 2 amide bonds. The number of hydrogen-bond acceptors (Lipinski definition) is 7. The zero-order valence-corrected chi connectivity index (χ0v) is 25.5. The van der Waals surface area contributed by atoms with E-state index in [1.54, 1.807) is 24.2 Å². The zero-order valence-electron chi connectivity index (χ0n) is 23.9. The van der Waals surface area contributed by atoms with Crippen LogP contribution in [0.2, 0.25) is 0 Å². The number of carboxylic acid groups (broad SMARTS) is 1. The first-order valence-electron chi connectivity index (χ1n) is 13.8. The lowest BCUT2D eigenvalue weighted by atomic mass is 9.97. The molecule has 10 heteroatoms. The number of rotatable bonds is 17. The summed E-state index contributed by atoms with van der Waals surface area (Å²) in [6.07, 6.45) is 6.52. The van der Waals surface area contributed by atoms with Gasteiger partial charge in [0.25, 0.3) is 0 Å². The average Bonchev–Trinajstić information content (AvgIpc) is 2.98. The summed E-state index contributed by atoms with van der Waals surface area (Å²) in [6.45, 7) is 5.12. The van der Waals surface area contributed by atoms with Gasteiger partial charge in [0.15, 0.2) is 0 Å². The van der Waals surface area contributed by atoms with Crippen molar-refractivity contribution in [3.8, 4) is 0 Å². The summed E-state index contributed by atoms with van der Waals surface area (Å²) < 4.78 is 0. The Kier molecular flexibility index (Phi) is 13.5. The van der Waals surface area contributed by atoms with Crippen LogP contribution in [0.15, 0.2) is 71.9 Å². The minimum Gasteiger partial charge on any atom is -0.480 e. The highest BCUT2D eigenvalue weighted by atomic mass is 32.2. The maximum atomic E-state index is 13.2. The number of carbonyl (C=O) groups excluding carboxylic acids is 2. The first kappa shape index (κ1) is 32.4. The number of aliphatic carboxylic acids is 1. The summed E-state index contributed by atoms with van der Waals surface area (Å²) in [5.74, 6) is -0.385. The summed E-state index contributed by atoms with van der Waals surface area (Å²) in [5, 5.41) is 17.8. The third-order valence-corrected chi connectivity index (χ3v) is 8.69. The molecule has 3 atom stereocenters. The molecule has 0 bridgehead atoms. The maximum absolute atomic E-state index is 13.2. The first-order chi connectivity index (χ1) is 19.8. The number of pyridine rings is 1. The standard InChI is InChI=1S/C31H40N4O4S2/c1-4-22(2)28(34-30(37)21-41-25-12-15-32-16-13-25)19-35(20-29(36)33-27(31(38)39)14-17-40-3)18-24-10-7-9-23-8-5-6-11-26(23)24/h5-13,15-16,22,27-28H,4,14,17-21H2,1-3H3,(H,33,36)(H,34,37)(H,38,39)/t22?,27-,28+/m0/s1. The highest BCUT2D eigenvalue weighted by Crippen LogP contribution is 2.21. The van der Waals surface area contributed by atoms with Crippen LogP contribution in [0.4, 0.5) is 0 Å². The maximum Gasteiger partial charge on any atom is 0.326 e. The molecule has 1 unspecified atom stereocenters. The highest BCUT2D eigenvalue weighted by molar-refractivity contribution is 8.00. The fourth-order valence-electron chi connectivity index (χ4n) is 4.55. The molecule has 3 rings (SSSR count). The van der Waals surface area contributed by atoms with Gasteiger partial charge >= 0.3 is 5.97 Å². The molecular formula is C31H40N4O4S2. The Morgan fingerprint density at radius 3 is 2.44 bits per heavy atom. The van der Waals surface area contributed by atoms with Crippen molar-refractivity contribution in [2.45, 2.75) is 50.2 Å². The van der Waals surface area contributed by atoms with Crippen LogP contribution in [0.5, 0.6) is 0 Å². The monoisotopic (exact) mass is 596 g/mol. The van der Waals surface area contributed by atoms with Crippen molar-refractivity contribution in [2.24, 2.45) is 5.92 Å². The normalized spacial score (nSPS) is 13.5. The lowest BCUT2D eigenvalue weighted by Crippen LogP contribution is -2.51. The Bertz CT molecular complexity index is 1270. The molecule has 0 saturated heterocycles. The summed E-state index contributed by atoms with van der Waals surface area (Å²) in [6, 6.07) is 16.8. The van der Waals surface area contributed by atoms with Crippen molar-refractivity contribution in [1.82, 2.24) is 20.5 Å². The van der Waals surface area contributed by atoms with Gasteiger partial charge in [0.1, 0.15) is 6.04 Å². The fraction of sp³-hybridized carbons (Fsp3) is 0.419. The van der Waals surface area contributed by atoms with E-state index in [4.69, 9.17) is 0 Å². The van der Waals surface area contributed by atoms with Gasteiger partial charge in [0, 0.05) is 36.4 Å². The molecule has 0 aliphatic heterocycles. The first-order valence-corrected chi connectivity index (χ1v) is 16.2. The zero-order chi connectivity index (χ0) is 29.6. The van der Waals surface area contributed by atoms with Crippen molar-refractivity contribution < 1.29 is 19.5 Å². The van der Waals surface area contributed by atoms with Gasteiger partial charge in [-0.1, -0.05) is 62.7 Å². The van der Waals surface area contributed by atoms with Crippen molar-refractivity contribution in [2.75, 3.05) is 30.9 Å². The number of hydrogen-bond donors (Lipinski definition) is 3. The van der Waals surface area contributed by atoms with Gasteiger partial charge < -0.3 is 15.7 Å². The van der Waals surface area contributed by atoms with Gasteiger partial charge in [-0.3, -0.25) is 19.5 Å². The van der Waals surface area contributed by atoms with Gasteiger partial charge in [0.2, 0.25) is 11.8 Å². The van der Waals surface area contributed by atoms with Crippen molar-refractivity contribution in [3.05, 3.63) is 72.6 Å². The van der Waals surface area contributed by atoms with Crippen LogP contribution < -0.4 is 10.6 Å². The van der Waals surface area contributed by atoms with Crippen molar-refractivity contribution in [1.29, 1.82) is 0 Å². The third-order valence-electron chi connectivity index (χ3n) is 7.04. The smallest absolute Gasteiger partial charge is 0.326 e. The van der Waals surface area contributed by atoms with Crippen LogP contribution in [0.3, 0.4) is 0 Å². The van der Waals surface area contributed by atoms with E-state index in [2.05, 4.69) is 47.7 Å². The van der Waals surface area contributed by atoms with Crippen LogP contribution in [-0.2, 0) is 20.9 Å². The van der Waals surface area contributed by atoms with E-state index in [9.17, 15) is 19.5 Å². The Morgan fingerprint density at radius 2 is 1.73 bits per heavy atom. The third kappa shape index (κ3) is 10.7. The predicted octanol–water partition coefficient (Wildman–Crippen LogP) is 4.68. The molecule has 41 heavy (non-hydrogen) atoms. The molecule has 0 radical (unpaired) electrons. The van der Waals surface area contributed by atoms with Crippen LogP contribution >= 0.6 is 23.5 Å². The minimum atomic E-state index is -1.04. The average molecular weight is 597 g/mol. The number of nitrogens with one attached hydrogen (secondary N) is 2. The van der Waals surface area contributed by atoms with Crippen LogP contribution in [0.1, 0.15) is 32.3 Å². The second-order valence-corrected chi connectivity index (χ2v) is 12.1. The van der Waals surface area contributed by atoms with Crippen molar-refractivity contribution in [3.63, 3.8) is 0 Å². The highest BCUT2D eigenvalue weighted by Gasteiger charge is 2.25. The number of aromatic nitrogens is 1. The van der Waals surface area contributed by atoms with Gasteiger partial charge in [-0.2, -0.15) is 11.8 Å². The summed E-state index contributed by atoms with van der Waals surface area (Å²) in [7, 11) is 0. The second kappa shape index (κ2) is 17.0. The number of nitrogens with zero attached hydrogens (tertiary/aromatic N) is 2. The molecular weight excluding hydrogens is 556 g/mol. The van der Waals surface area contributed by atoms with E-state index >= 15 is 0 Å². The van der Waals surface area contributed by atoms with Gasteiger partial charge in [0.05, 0.1) is 12.3 Å². The molecule has 1 heterocycles. The van der Waals surface area contributed by atoms with E-state index in [1.165, 1.54) is 11.8 Å². The van der Waals surface area contributed by atoms with E-state index in [-0.39, 0.29) is 36.1 Å². The largest absolute Gasteiger partial charge is 0.480 e. The number of amides is 2. The van der Waals surface area contributed by atoms with Crippen LogP contribution in [0.25, 0.3) is 10.8 Å². The quantitative estimate of drug-likeness (QED) is 0.193. The molecule has 220 valence electrons.